The van der Waals surface area contributed by atoms with Crippen molar-refractivity contribution < 1.29 is 27.2 Å². The first kappa shape index (κ1) is 28.1. The molecule has 2 aromatic carbocycles. The zero-order chi connectivity index (χ0) is 29.3. The third-order valence-electron chi connectivity index (χ3n) is 7.20. The summed E-state index contributed by atoms with van der Waals surface area (Å²) in [5.41, 5.74) is 1.78. The molecule has 0 aromatic heterocycles. The largest absolute Gasteiger partial charge is 0.495 e. The zero-order valence-corrected chi connectivity index (χ0v) is 23.2. The first-order chi connectivity index (χ1) is 19.6. The van der Waals surface area contributed by atoms with E-state index in [2.05, 4.69) is 10.5 Å². The second kappa shape index (κ2) is 11.2. The minimum atomic E-state index is -4.96. The van der Waals surface area contributed by atoms with Crippen molar-refractivity contribution in [2.24, 2.45) is 10.1 Å². The smallest absolute Gasteiger partial charge is 0.337 e. The molecule has 0 spiro atoms. The number of hydrogen-bond acceptors (Lipinski definition) is 10. The third kappa shape index (κ3) is 5.35. The standard InChI is InChI=1S/C29H27N3O8S/c1-39-22-13-12-16(29(35)40-2)14-20(22)31-32-26-23(41(36,37)38)15-21(30-17-8-4-3-5-9-17)24-25(26)28(34)19-11-7-6-10-18(19)27(24)33/h6-7,10-15,17,31H,3-5,8-9H2,1-2H3,(H,36,37,38)/b30-21?,32-26+. The Morgan fingerprint density at radius 3 is 2.22 bits per heavy atom. The third-order valence-corrected chi connectivity index (χ3v) is 8.06. The predicted octanol–water partition coefficient (Wildman–Crippen LogP) is 2.36. The topological polar surface area (TPSA) is 161 Å². The molecular formula is C29H27N3O8S. The van der Waals surface area contributed by atoms with Crippen LogP contribution in [0.15, 0.2) is 73.1 Å². The number of fused-ring (bicyclic) bond motifs is 1. The number of methoxy groups -OCH3 is 2. The molecule has 1 fully saturated rings. The van der Waals surface area contributed by atoms with Crippen molar-refractivity contribution in [2.75, 3.05) is 19.6 Å². The van der Waals surface area contributed by atoms with Crippen LogP contribution in [-0.4, -0.2) is 39.2 Å². The minimum Gasteiger partial charge on any atom is -0.495 e. The van der Waals surface area contributed by atoms with Crippen LogP contribution in [0.3, 0.4) is 0 Å². The lowest BCUT2D eigenvalue weighted by molar-refractivity contribution is 0.0600. The molecule has 1 saturated carbocycles. The Balaban J connectivity index is 1.93. The normalized spacial score (nSPS) is 15.4. The molecule has 3 aliphatic rings. The summed E-state index contributed by atoms with van der Waals surface area (Å²) in [6.45, 7) is 0. The second-order valence-electron chi connectivity index (χ2n) is 9.72. The van der Waals surface area contributed by atoms with E-state index in [0.717, 1.165) is 38.2 Å². The monoisotopic (exact) mass is 577 g/mol. The Morgan fingerprint density at radius 1 is 0.951 bits per heavy atom. The van der Waals surface area contributed by atoms with Crippen LogP contribution >= 0.6 is 0 Å². The lowest BCUT2D eigenvalue weighted by Gasteiger charge is -2.17. The van der Waals surface area contributed by atoms with Gasteiger partial charge in [-0.15, -0.1) is 0 Å². The van der Waals surface area contributed by atoms with E-state index in [9.17, 15) is 27.4 Å². The molecule has 41 heavy (non-hydrogen) atoms. The number of carbonyl (C=O) groups is 1. The van der Waals surface area contributed by atoms with Crippen LogP contribution in [0.2, 0.25) is 0 Å². The lowest BCUT2D eigenvalue weighted by Crippen LogP contribution is -2.34. The summed E-state index contributed by atoms with van der Waals surface area (Å²) in [4.78, 5) is 43.8. The van der Waals surface area contributed by atoms with E-state index in [1.54, 1.807) is 12.1 Å². The number of nitrogens with zero attached hydrogens (tertiary/aromatic N) is 2. The van der Waals surface area contributed by atoms with Gasteiger partial charge in [0, 0.05) is 10.8 Å². The van der Waals surface area contributed by atoms with E-state index in [1.807, 2.05) is 0 Å². The molecule has 3 aliphatic carbocycles. The highest BCUT2D eigenvalue weighted by Gasteiger charge is 2.21. The van der Waals surface area contributed by atoms with Gasteiger partial charge in [-0.2, -0.15) is 13.5 Å². The highest BCUT2D eigenvalue weighted by atomic mass is 32.2. The first-order valence-corrected chi connectivity index (χ1v) is 14.4. The van der Waals surface area contributed by atoms with Crippen LogP contribution in [0.1, 0.15) is 42.5 Å². The highest BCUT2D eigenvalue weighted by Crippen LogP contribution is 2.26. The van der Waals surface area contributed by atoms with Crippen LogP contribution in [0, 0.1) is 10.4 Å². The molecule has 212 valence electrons. The van der Waals surface area contributed by atoms with Gasteiger partial charge < -0.3 is 9.47 Å². The summed E-state index contributed by atoms with van der Waals surface area (Å²) in [5.74, 6) is -0.405. The van der Waals surface area contributed by atoms with Gasteiger partial charge in [0.15, 0.2) is 10.9 Å². The number of benzene rings is 2. The van der Waals surface area contributed by atoms with Gasteiger partial charge in [0.2, 0.25) is 0 Å². The van der Waals surface area contributed by atoms with Gasteiger partial charge in [0.1, 0.15) is 16.0 Å². The molecule has 2 aromatic rings. The number of nitrogens with one attached hydrogen (secondary N) is 1. The molecule has 5 rings (SSSR count). The van der Waals surface area contributed by atoms with E-state index in [4.69, 9.17) is 14.5 Å². The maximum atomic E-state index is 13.9. The van der Waals surface area contributed by atoms with Gasteiger partial charge >= 0.3 is 5.97 Å². The average molecular weight is 578 g/mol. The van der Waals surface area contributed by atoms with E-state index < -0.39 is 37.2 Å². The summed E-state index contributed by atoms with van der Waals surface area (Å²) < 4.78 is 45.7. The Labute approximate surface area is 233 Å². The van der Waals surface area contributed by atoms with Crippen molar-refractivity contribution >= 4 is 32.5 Å². The summed E-state index contributed by atoms with van der Waals surface area (Å²) in [5, 5.41) is 3.60. The molecule has 0 amide bonds. The van der Waals surface area contributed by atoms with Gasteiger partial charge in [-0.25, -0.2) is 4.79 Å². The minimum absolute atomic E-state index is 0.0107. The fourth-order valence-corrected chi connectivity index (χ4v) is 5.86. The van der Waals surface area contributed by atoms with Crippen molar-refractivity contribution in [3.8, 4) is 5.75 Å². The Kier molecular flexibility index (Phi) is 7.70. The first-order valence-electron chi connectivity index (χ1n) is 12.9. The average Bonchev–Trinajstić information content (AvgIpc) is 2.98. The molecule has 12 heteroatoms. The van der Waals surface area contributed by atoms with E-state index in [-0.39, 0.29) is 49.6 Å². The molecule has 0 bridgehead atoms. The van der Waals surface area contributed by atoms with Gasteiger partial charge in [0.25, 0.3) is 10.1 Å². The molecule has 11 nitrogen and oxygen atoms in total. The highest BCUT2D eigenvalue weighted by molar-refractivity contribution is 7.85. The lowest BCUT2D eigenvalue weighted by atomic mass is 9.96. The SMILES string of the molecule is COC(=O)c1ccc(OC)c(N/N=c2\c(S(=O)(=O)O)cc(=NC3CCCCC3)c3c(=O)c4ccccc4c(=O)c2=3)c1. The Hall–Kier alpha value is -4.42. The molecule has 0 heterocycles. The quantitative estimate of drug-likeness (QED) is 0.199. The van der Waals surface area contributed by atoms with Crippen molar-refractivity contribution in [3.05, 3.63) is 95.7 Å². The van der Waals surface area contributed by atoms with Gasteiger partial charge in [-0.3, -0.25) is 24.6 Å². The van der Waals surface area contributed by atoms with Crippen molar-refractivity contribution in [1.29, 1.82) is 0 Å². The van der Waals surface area contributed by atoms with Gasteiger partial charge in [-0.1, -0.05) is 43.5 Å². The summed E-state index contributed by atoms with van der Waals surface area (Å²) in [6.07, 6.45) is 4.41. The molecule has 0 atom stereocenters. The molecule has 0 saturated heterocycles. The molecule has 2 N–H and O–H groups in total. The van der Waals surface area contributed by atoms with Crippen molar-refractivity contribution in [1.82, 2.24) is 0 Å². The van der Waals surface area contributed by atoms with E-state index in [1.165, 1.54) is 44.6 Å². The second-order valence-corrected chi connectivity index (χ2v) is 11.1. The Morgan fingerprint density at radius 2 is 1.61 bits per heavy atom. The van der Waals surface area contributed by atoms with Crippen LogP contribution in [0.25, 0.3) is 10.8 Å². The number of rotatable bonds is 6. The molecule has 0 aliphatic heterocycles. The molecule has 0 radical (unpaired) electrons. The van der Waals surface area contributed by atoms with Crippen LogP contribution in [0.5, 0.6) is 5.75 Å². The van der Waals surface area contributed by atoms with E-state index >= 15 is 0 Å². The van der Waals surface area contributed by atoms with E-state index in [0.29, 0.717) is 0 Å². The van der Waals surface area contributed by atoms with Crippen LogP contribution < -0.4 is 31.7 Å². The fraction of sp³-hybridized carbons (Fsp3) is 0.276. The van der Waals surface area contributed by atoms with Crippen molar-refractivity contribution in [3.63, 3.8) is 0 Å². The summed E-state index contributed by atoms with van der Waals surface area (Å²) >= 11 is 0. The predicted molar refractivity (Wildman–Crippen MR) is 150 cm³/mol. The van der Waals surface area contributed by atoms with Crippen molar-refractivity contribution in [2.45, 2.75) is 43.0 Å². The maximum Gasteiger partial charge on any atom is 0.337 e. The Bertz CT molecular complexity index is 2080. The van der Waals surface area contributed by atoms with Crippen LogP contribution in [-0.2, 0) is 14.9 Å². The molecule has 0 unspecified atom stereocenters. The number of hydrogen-bond donors (Lipinski definition) is 2. The van der Waals surface area contributed by atoms with Crippen LogP contribution in [0.4, 0.5) is 5.69 Å². The van der Waals surface area contributed by atoms with Gasteiger partial charge in [0.05, 0.1) is 47.3 Å². The number of esters is 1. The zero-order valence-electron chi connectivity index (χ0n) is 22.3. The summed E-state index contributed by atoms with van der Waals surface area (Å²) in [6, 6.07) is 11.4. The van der Waals surface area contributed by atoms with Gasteiger partial charge in [-0.05, 0) is 37.1 Å². The fourth-order valence-electron chi connectivity index (χ4n) is 5.21. The number of anilines is 1. The maximum absolute atomic E-state index is 13.9. The number of ether oxygens (including phenoxy) is 2. The molecular weight excluding hydrogens is 550 g/mol. The number of carbonyl (C=O) groups excluding carboxylic acids is 1. The summed E-state index contributed by atoms with van der Waals surface area (Å²) in [7, 11) is -2.36.